The van der Waals surface area contributed by atoms with Crippen LogP contribution in [0.25, 0.3) is 0 Å². The first-order valence-corrected chi connectivity index (χ1v) is 12.3. The van der Waals surface area contributed by atoms with Crippen molar-refractivity contribution in [3.63, 3.8) is 0 Å². The highest BCUT2D eigenvalue weighted by Crippen LogP contribution is 2.24. The summed E-state index contributed by atoms with van der Waals surface area (Å²) < 4.78 is 20.0. The average Bonchev–Trinajstić information content (AvgIpc) is 2.58. The van der Waals surface area contributed by atoms with Crippen molar-refractivity contribution in [3.8, 4) is 0 Å². The Bertz CT molecular complexity index is 400. The van der Waals surface area contributed by atoms with E-state index in [1.54, 1.807) is 0 Å². The first-order chi connectivity index (χ1) is 12.7. The van der Waals surface area contributed by atoms with Crippen LogP contribution in [0.15, 0.2) is 0 Å². The first kappa shape index (κ1) is 26.9. The van der Waals surface area contributed by atoms with Crippen LogP contribution in [0.1, 0.15) is 85.0 Å². The molecule has 0 aromatic carbocycles. The average molecular weight is 427 g/mol. The molecular weight excluding hydrogens is 387 g/mol. The predicted molar refractivity (Wildman–Crippen MR) is 113 cm³/mol. The summed E-state index contributed by atoms with van der Waals surface area (Å²) in [5.74, 6) is 0.907. The lowest BCUT2D eigenvalue weighted by molar-refractivity contribution is -0.147. The van der Waals surface area contributed by atoms with Gasteiger partial charge in [0.15, 0.2) is 0 Å². The fourth-order valence-corrected chi connectivity index (χ4v) is 3.76. The van der Waals surface area contributed by atoms with Gasteiger partial charge in [-0.15, -0.1) is 0 Å². The first-order valence-electron chi connectivity index (χ1n) is 10.0. The Morgan fingerprint density at radius 1 is 0.963 bits per heavy atom. The third kappa shape index (κ3) is 22.1. The SMILES string of the molecule is CC(C)(C)SCCCCCCCCCCCC(=O)OC[C@@H](O)CO[PH](=O)O. The summed E-state index contributed by atoms with van der Waals surface area (Å²) in [7, 11) is -3.06. The van der Waals surface area contributed by atoms with Gasteiger partial charge in [0.25, 0.3) is 0 Å². The van der Waals surface area contributed by atoms with Gasteiger partial charge in [-0.2, -0.15) is 11.8 Å². The van der Waals surface area contributed by atoms with Crippen LogP contribution in [0.3, 0.4) is 0 Å². The second-order valence-corrected chi connectivity index (χ2v) is 10.5. The van der Waals surface area contributed by atoms with Crippen LogP contribution < -0.4 is 0 Å². The molecule has 0 fully saturated rings. The predicted octanol–water partition coefficient (Wildman–Crippen LogP) is 4.72. The normalized spacial score (nSPS) is 14.1. The number of unbranched alkanes of at least 4 members (excludes halogenated alkanes) is 8. The van der Waals surface area contributed by atoms with E-state index in [1.165, 1.54) is 44.3 Å². The molecule has 6 nitrogen and oxygen atoms in total. The minimum atomic E-state index is -3.06. The molecule has 0 aromatic heterocycles. The van der Waals surface area contributed by atoms with Crippen molar-refractivity contribution >= 4 is 26.0 Å². The minimum absolute atomic E-state index is 0.206. The Labute approximate surface area is 169 Å². The monoisotopic (exact) mass is 426 g/mol. The van der Waals surface area contributed by atoms with E-state index in [1.807, 2.05) is 11.8 Å². The zero-order chi connectivity index (χ0) is 20.5. The van der Waals surface area contributed by atoms with Crippen molar-refractivity contribution in [2.24, 2.45) is 0 Å². The molecule has 0 saturated heterocycles. The Morgan fingerprint density at radius 2 is 1.48 bits per heavy atom. The molecule has 2 atom stereocenters. The number of aliphatic hydroxyl groups excluding tert-OH is 1. The molecule has 0 spiro atoms. The van der Waals surface area contributed by atoms with Crippen LogP contribution in [0.4, 0.5) is 0 Å². The summed E-state index contributed by atoms with van der Waals surface area (Å²) in [4.78, 5) is 20.0. The molecule has 0 bridgehead atoms. The molecule has 162 valence electrons. The van der Waals surface area contributed by atoms with Gasteiger partial charge in [0.05, 0.1) is 6.61 Å². The number of hydrogen-bond acceptors (Lipinski definition) is 6. The van der Waals surface area contributed by atoms with Gasteiger partial charge in [-0.25, -0.2) is 0 Å². The molecule has 27 heavy (non-hydrogen) atoms. The second kappa shape index (κ2) is 16.8. The van der Waals surface area contributed by atoms with Crippen molar-refractivity contribution in [1.29, 1.82) is 0 Å². The fraction of sp³-hybridized carbons (Fsp3) is 0.947. The van der Waals surface area contributed by atoms with Gasteiger partial charge in [-0.3, -0.25) is 9.36 Å². The highest BCUT2D eigenvalue weighted by molar-refractivity contribution is 8.00. The summed E-state index contributed by atoms with van der Waals surface area (Å²) in [6.07, 6.45) is 9.92. The molecular formula is C19H39O6PS. The molecule has 0 radical (unpaired) electrons. The van der Waals surface area contributed by atoms with Crippen molar-refractivity contribution in [2.75, 3.05) is 19.0 Å². The lowest BCUT2D eigenvalue weighted by Crippen LogP contribution is -2.22. The van der Waals surface area contributed by atoms with Crippen LogP contribution >= 0.6 is 20.0 Å². The van der Waals surface area contributed by atoms with E-state index in [9.17, 15) is 14.5 Å². The molecule has 0 aromatic rings. The van der Waals surface area contributed by atoms with Crippen LogP contribution in [-0.4, -0.2) is 45.8 Å². The minimum Gasteiger partial charge on any atom is -0.463 e. The Hall–Kier alpha value is -0.0700. The number of carbonyl (C=O) groups excluding carboxylic acids is 1. The van der Waals surface area contributed by atoms with Crippen LogP contribution in [0, 0.1) is 0 Å². The third-order valence-corrected chi connectivity index (χ3v) is 5.67. The molecule has 0 rings (SSSR count). The fourth-order valence-electron chi connectivity index (χ4n) is 2.46. The molecule has 0 heterocycles. The summed E-state index contributed by atoms with van der Waals surface area (Å²) in [5.41, 5.74) is 0. The molecule has 1 unspecified atom stereocenters. The maximum atomic E-state index is 11.5. The highest BCUT2D eigenvalue weighted by atomic mass is 32.2. The van der Waals surface area contributed by atoms with Gasteiger partial charge in [-0.05, 0) is 18.6 Å². The van der Waals surface area contributed by atoms with Crippen molar-refractivity contribution < 1.29 is 28.6 Å². The van der Waals surface area contributed by atoms with E-state index < -0.39 is 14.4 Å². The Balaban J connectivity index is 3.32. The van der Waals surface area contributed by atoms with Gasteiger partial charge in [0, 0.05) is 11.2 Å². The van der Waals surface area contributed by atoms with E-state index in [0.717, 1.165) is 19.3 Å². The van der Waals surface area contributed by atoms with E-state index >= 15 is 0 Å². The van der Waals surface area contributed by atoms with Gasteiger partial charge >= 0.3 is 14.2 Å². The molecule has 2 N–H and O–H groups in total. The summed E-state index contributed by atoms with van der Waals surface area (Å²) in [6, 6.07) is 0. The maximum Gasteiger partial charge on any atom is 0.316 e. The van der Waals surface area contributed by atoms with Gasteiger partial charge in [0.2, 0.25) is 0 Å². The van der Waals surface area contributed by atoms with E-state index in [2.05, 4.69) is 25.3 Å². The summed E-state index contributed by atoms with van der Waals surface area (Å²) in [6.45, 7) is 6.28. The molecule has 0 saturated carbocycles. The number of esters is 1. The van der Waals surface area contributed by atoms with Crippen molar-refractivity contribution in [3.05, 3.63) is 0 Å². The number of hydrogen-bond donors (Lipinski definition) is 2. The summed E-state index contributed by atoms with van der Waals surface area (Å²) in [5, 5.41) is 9.41. The van der Waals surface area contributed by atoms with E-state index in [4.69, 9.17) is 9.63 Å². The van der Waals surface area contributed by atoms with Crippen LogP contribution in [0.5, 0.6) is 0 Å². The molecule has 0 amide bonds. The van der Waals surface area contributed by atoms with Gasteiger partial charge < -0.3 is 19.3 Å². The zero-order valence-corrected chi connectivity index (χ0v) is 19.0. The Morgan fingerprint density at radius 3 is 2.00 bits per heavy atom. The van der Waals surface area contributed by atoms with Crippen molar-refractivity contribution in [2.45, 2.75) is 95.8 Å². The number of rotatable bonds is 17. The lowest BCUT2D eigenvalue weighted by atomic mass is 10.1. The summed E-state index contributed by atoms with van der Waals surface area (Å²) >= 11 is 2.04. The molecule has 8 heteroatoms. The molecule has 0 aliphatic carbocycles. The number of aliphatic hydroxyl groups is 1. The quantitative estimate of drug-likeness (QED) is 0.197. The highest BCUT2D eigenvalue weighted by Gasteiger charge is 2.10. The zero-order valence-electron chi connectivity index (χ0n) is 17.2. The Kier molecular flexibility index (Phi) is 16.8. The lowest BCUT2D eigenvalue weighted by Gasteiger charge is -2.17. The van der Waals surface area contributed by atoms with Gasteiger partial charge in [-0.1, -0.05) is 65.7 Å². The van der Waals surface area contributed by atoms with E-state index in [-0.39, 0.29) is 19.2 Å². The van der Waals surface area contributed by atoms with Gasteiger partial charge in [0.1, 0.15) is 12.7 Å². The van der Waals surface area contributed by atoms with Crippen molar-refractivity contribution in [1.82, 2.24) is 0 Å². The third-order valence-electron chi connectivity index (χ3n) is 3.90. The topological polar surface area (TPSA) is 93.1 Å². The standard InChI is InChI=1S/C19H39O6PS/c1-19(2,3)27-14-12-10-8-6-4-5-7-9-11-13-18(21)24-15-17(20)16-25-26(22)23/h17,20,26H,4-16H2,1-3H3,(H,22,23)/t17-/m1/s1. The maximum absolute atomic E-state index is 11.5. The smallest absolute Gasteiger partial charge is 0.316 e. The van der Waals surface area contributed by atoms with Crippen LogP contribution in [0.2, 0.25) is 0 Å². The number of ether oxygens (including phenoxy) is 1. The molecule has 0 aliphatic heterocycles. The van der Waals surface area contributed by atoms with E-state index in [0.29, 0.717) is 11.2 Å². The number of carbonyl (C=O) groups is 1. The second-order valence-electron chi connectivity index (χ2n) is 7.81. The number of thioether (sulfide) groups is 1. The largest absolute Gasteiger partial charge is 0.463 e. The van der Waals surface area contributed by atoms with Crippen LogP contribution in [-0.2, 0) is 18.6 Å². The molecule has 0 aliphatic rings.